The van der Waals surface area contributed by atoms with E-state index in [4.69, 9.17) is 0 Å². The van der Waals surface area contributed by atoms with Crippen LogP contribution in [0, 0.1) is 19.8 Å². The monoisotopic (exact) mass is 364 g/mol. The van der Waals surface area contributed by atoms with Crippen LogP contribution in [0.4, 0.5) is 0 Å². The highest BCUT2D eigenvalue weighted by Gasteiger charge is 2.00. The smallest absolute Gasteiger partial charge is 0.0443 e. The Morgan fingerprint density at radius 1 is 0.385 bits per heavy atom. The van der Waals surface area contributed by atoms with Gasteiger partial charge in [-0.05, 0) is 5.92 Å². The summed E-state index contributed by atoms with van der Waals surface area (Å²) in [5.41, 5.74) is 0. The van der Waals surface area contributed by atoms with Crippen molar-refractivity contribution >= 4 is 0 Å². The van der Waals surface area contributed by atoms with Gasteiger partial charge in [-0.1, -0.05) is 162 Å². The summed E-state index contributed by atoms with van der Waals surface area (Å²) in [5.74, 6) is 0.899. The van der Waals surface area contributed by atoms with Crippen molar-refractivity contribution in [3.05, 3.63) is 13.8 Å². The van der Waals surface area contributed by atoms with Crippen molar-refractivity contribution in [3.63, 3.8) is 0 Å². The fourth-order valence-corrected chi connectivity index (χ4v) is 3.99. The molecule has 156 valence electrons. The van der Waals surface area contributed by atoms with Gasteiger partial charge in [0.2, 0.25) is 0 Å². The Morgan fingerprint density at radius 3 is 1.00 bits per heavy atom. The van der Waals surface area contributed by atoms with E-state index in [0.29, 0.717) is 0 Å². The molecule has 0 bridgehead atoms. The maximum Gasteiger partial charge on any atom is -0.0443 e. The van der Waals surface area contributed by atoms with Gasteiger partial charge in [0.15, 0.2) is 0 Å². The molecule has 2 radical (unpaired) electrons. The van der Waals surface area contributed by atoms with Crippen LogP contribution in [0.3, 0.4) is 0 Å². The van der Waals surface area contributed by atoms with E-state index in [9.17, 15) is 0 Å². The standard InChI is InChI=1S/C26H52/c1-4-6-7-8-9-10-11-12-13-14-15-16-17-18-19-20-21-22-23-25-26(3)24-5-2/h26H,1-2,4-25H2,3H3. The van der Waals surface area contributed by atoms with Gasteiger partial charge in [0.05, 0.1) is 0 Å². The lowest BCUT2D eigenvalue weighted by molar-refractivity contribution is 0.456. The normalized spacial score (nSPS) is 12.6. The fourth-order valence-electron chi connectivity index (χ4n) is 3.99. The second-order valence-corrected chi connectivity index (χ2v) is 8.75. The summed E-state index contributed by atoms with van der Waals surface area (Å²) < 4.78 is 0. The summed E-state index contributed by atoms with van der Waals surface area (Å²) in [6.45, 7) is 10.3. The topological polar surface area (TPSA) is 0 Å². The van der Waals surface area contributed by atoms with E-state index in [-0.39, 0.29) is 0 Å². The van der Waals surface area contributed by atoms with E-state index in [1.165, 1.54) is 128 Å². The van der Waals surface area contributed by atoms with E-state index < -0.39 is 0 Å². The van der Waals surface area contributed by atoms with Crippen molar-refractivity contribution in [2.24, 2.45) is 5.92 Å². The minimum absolute atomic E-state index is 0.899. The van der Waals surface area contributed by atoms with Crippen LogP contribution in [0.15, 0.2) is 0 Å². The zero-order valence-corrected chi connectivity index (χ0v) is 18.5. The summed E-state index contributed by atoms with van der Waals surface area (Å²) >= 11 is 0. The minimum Gasteiger partial charge on any atom is -0.0625 e. The molecule has 0 N–H and O–H groups in total. The molecule has 0 saturated carbocycles. The van der Waals surface area contributed by atoms with E-state index in [1.807, 2.05) is 0 Å². The van der Waals surface area contributed by atoms with Gasteiger partial charge in [0.1, 0.15) is 0 Å². The molecule has 1 atom stereocenters. The predicted molar refractivity (Wildman–Crippen MR) is 121 cm³/mol. The molecule has 0 nitrogen and oxygen atoms in total. The number of hydrogen-bond donors (Lipinski definition) is 0. The second kappa shape index (κ2) is 23.0. The molecule has 0 aliphatic carbocycles. The van der Waals surface area contributed by atoms with Crippen LogP contribution in [0.25, 0.3) is 0 Å². The highest BCUT2D eigenvalue weighted by atomic mass is 14.1. The Bertz CT molecular complexity index is 232. The van der Waals surface area contributed by atoms with Crippen molar-refractivity contribution in [1.29, 1.82) is 0 Å². The van der Waals surface area contributed by atoms with Gasteiger partial charge >= 0.3 is 0 Å². The molecule has 26 heavy (non-hydrogen) atoms. The molecule has 0 rings (SSSR count). The molecule has 1 unspecified atom stereocenters. The molecule has 0 aliphatic rings. The van der Waals surface area contributed by atoms with Gasteiger partial charge in [-0.25, -0.2) is 0 Å². The zero-order valence-electron chi connectivity index (χ0n) is 18.5. The first kappa shape index (κ1) is 26.0. The van der Waals surface area contributed by atoms with Crippen LogP contribution in [0.2, 0.25) is 0 Å². The molecule has 0 fully saturated rings. The average Bonchev–Trinajstić information content (AvgIpc) is 2.64. The summed E-state index contributed by atoms with van der Waals surface area (Å²) in [5, 5.41) is 0. The third-order valence-electron chi connectivity index (χ3n) is 5.89. The minimum atomic E-state index is 0.899. The summed E-state index contributed by atoms with van der Waals surface area (Å²) in [6.07, 6.45) is 31.2. The van der Waals surface area contributed by atoms with Gasteiger partial charge in [-0.15, -0.1) is 0 Å². The molecule has 0 spiro atoms. The Kier molecular flexibility index (Phi) is 23.0. The summed E-state index contributed by atoms with van der Waals surface area (Å²) in [6, 6.07) is 0. The molecule has 0 heteroatoms. The summed E-state index contributed by atoms with van der Waals surface area (Å²) in [4.78, 5) is 0. The fraction of sp³-hybridized carbons (Fsp3) is 0.923. The van der Waals surface area contributed by atoms with Crippen LogP contribution in [-0.2, 0) is 0 Å². The Labute approximate surface area is 168 Å². The van der Waals surface area contributed by atoms with Gasteiger partial charge < -0.3 is 0 Å². The number of hydrogen-bond acceptors (Lipinski definition) is 0. The van der Waals surface area contributed by atoms with Crippen LogP contribution in [0.1, 0.15) is 148 Å². The molecule has 0 saturated heterocycles. The second-order valence-electron chi connectivity index (χ2n) is 8.75. The van der Waals surface area contributed by atoms with Crippen LogP contribution in [0.5, 0.6) is 0 Å². The predicted octanol–water partition coefficient (Wildman–Crippen LogP) is 9.87. The number of unbranched alkanes of at least 4 members (excludes halogenated alkanes) is 18. The third kappa shape index (κ3) is 22.0. The lowest BCUT2D eigenvalue weighted by Gasteiger charge is -2.09. The van der Waals surface area contributed by atoms with Crippen LogP contribution in [-0.4, -0.2) is 0 Å². The first-order valence-electron chi connectivity index (χ1n) is 12.4. The molecule has 0 aromatic rings. The third-order valence-corrected chi connectivity index (χ3v) is 5.89. The van der Waals surface area contributed by atoms with Crippen molar-refractivity contribution in [2.45, 2.75) is 148 Å². The summed E-state index contributed by atoms with van der Waals surface area (Å²) in [7, 11) is 0. The Balaban J connectivity index is 3.01. The van der Waals surface area contributed by atoms with Crippen molar-refractivity contribution in [2.75, 3.05) is 0 Å². The highest BCUT2D eigenvalue weighted by Crippen LogP contribution is 2.17. The van der Waals surface area contributed by atoms with Crippen LogP contribution >= 0.6 is 0 Å². The first-order valence-corrected chi connectivity index (χ1v) is 12.4. The lowest BCUT2D eigenvalue weighted by Crippen LogP contribution is -1.93. The zero-order chi connectivity index (χ0) is 19.1. The van der Waals surface area contributed by atoms with Gasteiger partial charge in [-0.3, -0.25) is 0 Å². The molecule has 0 aromatic heterocycles. The average molecular weight is 365 g/mol. The van der Waals surface area contributed by atoms with Crippen molar-refractivity contribution < 1.29 is 0 Å². The maximum atomic E-state index is 3.96. The SMILES string of the molecule is [CH2]CCCCCCCCCCCCCCCCCCCCC(C)CC[CH2]. The van der Waals surface area contributed by atoms with Crippen LogP contribution < -0.4 is 0 Å². The van der Waals surface area contributed by atoms with Gasteiger partial charge in [-0.2, -0.15) is 0 Å². The van der Waals surface area contributed by atoms with Crippen molar-refractivity contribution in [1.82, 2.24) is 0 Å². The highest BCUT2D eigenvalue weighted by molar-refractivity contribution is 4.56. The van der Waals surface area contributed by atoms with Gasteiger partial charge in [0.25, 0.3) is 0 Å². The molecule has 0 aromatic carbocycles. The van der Waals surface area contributed by atoms with E-state index in [2.05, 4.69) is 20.8 Å². The quantitative estimate of drug-likeness (QED) is 0.168. The first-order chi connectivity index (χ1) is 12.8. The molecular formula is C26H52. The molecule has 0 heterocycles. The lowest BCUT2D eigenvalue weighted by atomic mass is 9.98. The van der Waals surface area contributed by atoms with E-state index in [1.54, 1.807) is 0 Å². The molecular weight excluding hydrogens is 312 g/mol. The number of rotatable bonds is 22. The van der Waals surface area contributed by atoms with E-state index >= 15 is 0 Å². The van der Waals surface area contributed by atoms with Crippen molar-refractivity contribution in [3.8, 4) is 0 Å². The molecule has 0 aliphatic heterocycles. The Morgan fingerprint density at radius 2 is 0.692 bits per heavy atom. The Hall–Kier alpha value is 0. The maximum absolute atomic E-state index is 3.96. The van der Waals surface area contributed by atoms with Gasteiger partial charge in [0, 0.05) is 0 Å². The van der Waals surface area contributed by atoms with E-state index in [0.717, 1.165) is 18.8 Å². The largest absolute Gasteiger partial charge is 0.0625 e. The molecule has 0 amide bonds.